The second-order valence-electron chi connectivity index (χ2n) is 4.20. The first-order chi connectivity index (χ1) is 10.1. The molecule has 0 spiro atoms. The van der Waals surface area contributed by atoms with Gasteiger partial charge in [0.15, 0.2) is 5.78 Å². The van der Waals surface area contributed by atoms with E-state index >= 15 is 0 Å². The Kier molecular flexibility index (Phi) is 3.99. The molecule has 0 saturated heterocycles. The third kappa shape index (κ3) is 2.89. The van der Waals surface area contributed by atoms with Crippen molar-refractivity contribution in [2.45, 2.75) is 0 Å². The number of aromatic carboxylic acids is 1. The Labute approximate surface area is 119 Å². The van der Waals surface area contributed by atoms with Crippen molar-refractivity contribution in [2.24, 2.45) is 5.18 Å². The highest BCUT2D eigenvalue weighted by atomic mass is 16.4. The number of nitrogens with zero attached hydrogens (tertiary/aromatic N) is 1. The predicted molar refractivity (Wildman–Crippen MR) is 74.1 cm³/mol. The fourth-order valence-corrected chi connectivity index (χ4v) is 1.80. The van der Waals surface area contributed by atoms with E-state index in [0.29, 0.717) is 11.8 Å². The minimum atomic E-state index is -1.21. The van der Waals surface area contributed by atoms with Crippen molar-refractivity contribution in [3.63, 3.8) is 0 Å². The molecule has 0 atom stereocenters. The zero-order valence-electron chi connectivity index (χ0n) is 10.6. The van der Waals surface area contributed by atoms with Gasteiger partial charge in [0.1, 0.15) is 12.0 Å². The topological polar surface area (TPSA) is 101 Å². The molecule has 0 aromatic heterocycles. The van der Waals surface area contributed by atoms with Gasteiger partial charge in [0.25, 0.3) is 0 Å². The van der Waals surface area contributed by atoms with Crippen LogP contribution < -0.4 is 0 Å². The number of carboxylic acids is 1. The van der Waals surface area contributed by atoms with Crippen molar-refractivity contribution in [1.29, 1.82) is 0 Å². The van der Waals surface area contributed by atoms with Crippen LogP contribution in [0.2, 0.25) is 0 Å². The number of hydrogen-bond acceptors (Lipinski definition) is 5. The summed E-state index contributed by atoms with van der Waals surface area (Å²) in [6.07, 6.45) is 0.637. The Morgan fingerprint density at radius 2 is 1.62 bits per heavy atom. The number of carboxylic acid groups (broad SMARTS) is 1. The maximum absolute atomic E-state index is 12.3. The van der Waals surface area contributed by atoms with Crippen molar-refractivity contribution in [3.8, 4) is 0 Å². The summed E-state index contributed by atoms with van der Waals surface area (Å²) in [5.74, 6) is -1.75. The van der Waals surface area contributed by atoms with Gasteiger partial charge in [-0.15, -0.1) is 4.91 Å². The first-order valence-electron chi connectivity index (χ1n) is 5.87. The lowest BCUT2D eigenvalue weighted by Crippen LogP contribution is -2.05. The van der Waals surface area contributed by atoms with Gasteiger partial charge < -0.3 is 5.11 Å². The maximum atomic E-state index is 12.3. The molecule has 104 valence electrons. The summed E-state index contributed by atoms with van der Waals surface area (Å²) in [6, 6.07) is 9.25. The van der Waals surface area contributed by atoms with Gasteiger partial charge in [0, 0.05) is 11.1 Å². The quantitative estimate of drug-likeness (QED) is 0.516. The summed E-state index contributed by atoms with van der Waals surface area (Å²) in [4.78, 5) is 44.6. The minimum absolute atomic E-state index is 0.0937. The standard InChI is InChI=1S/C15H9NO5/c17-8-9-1-3-10(4-2-9)14(18)12-7-11(15(19)20)5-6-13(12)16-21/h1-8H,(H,19,20). The molecule has 0 radical (unpaired) electrons. The van der Waals surface area contributed by atoms with E-state index < -0.39 is 11.8 Å². The number of carbonyl (C=O) groups is 3. The maximum Gasteiger partial charge on any atom is 0.335 e. The zero-order valence-corrected chi connectivity index (χ0v) is 10.6. The molecule has 2 aromatic carbocycles. The number of carbonyl (C=O) groups excluding carboxylic acids is 2. The molecule has 6 heteroatoms. The fourth-order valence-electron chi connectivity index (χ4n) is 1.80. The van der Waals surface area contributed by atoms with Gasteiger partial charge in [-0.25, -0.2) is 4.79 Å². The molecule has 0 amide bonds. The lowest BCUT2D eigenvalue weighted by molar-refractivity contribution is 0.0696. The third-order valence-corrected chi connectivity index (χ3v) is 2.90. The fraction of sp³-hybridized carbons (Fsp3) is 0. The number of hydrogen-bond donors (Lipinski definition) is 1. The van der Waals surface area contributed by atoms with Crippen molar-refractivity contribution >= 4 is 23.7 Å². The smallest absolute Gasteiger partial charge is 0.335 e. The van der Waals surface area contributed by atoms with Gasteiger partial charge in [0.05, 0.1) is 11.1 Å². The van der Waals surface area contributed by atoms with E-state index in [4.69, 9.17) is 5.11 Å². The molecule has 0 unspecified atom stereocenters. The van der Waals surface area contributed by atoms with E-state index in [9.17, 15) is 19.3 Å². The van der Waals surface area contributed by atoms with Crippen LogP contribution in [0.5, 0.6) is 0 Å². The molecule has 0 saturated carbocycles. The Bertz CT molecular complexity index is 734. The van der Waals surface area contributed by atoms with Crippen LogP contribution in [0, 0.1) is 4.91 Å². The summed E-state index contributed by atoms with van der Waals surface area (Å²) >= 11 is 0. The van der Waals surface area contributed by atoms with E-state index in [1.165, 1.54) is 36.4 Å². The highest BCUT2D eigenvalue weighted by Gasteiger charge is 2.17. The average Bonchev–Trinajstić information content (AvgIpc) is 2.53. The van der Waals surface area contributed by atoms with Gasteiger partial charge in [0.2, 0.25) is 0 Å². The van der Waals surface area contributed by atoms with Crippen LogP contribution in [0.1, 0.15) is 36.6 Å². The van der Waals surface area contributed by atoms with E-state index in [0.717, 1.165) is 6.07 Å². The molecule has 21 heavy (non-hydrogen) atoms. The van der Waals surface area contributed by atoms with Gasteiger partial charge >= 0.3 is 5.97 Å². The first kappa shape index (κ1) is 14.3. The zero-order chi connectivity index (χ0) is 15.4. The SMILES string of the molecule is O=Cc1ccc(C(=O)c2cc(C(=O)O)ccc2N=O)cc1. The van der Waals surface area contributed by atoms with E-state index in [1.54, 1.807) is 0 Å². The van der Waals surface area contributed by atoms with Crippen LogP contribution in [0.15, 0.2) is 47.6 Å². The number of ketones is 1. The summed E-state index contributed by atoms with van der Waals surface area (Å²) in [5.41, 5.74) is 0.288. The molecule has 0 aliphatic heterocycles. The van der Waals surface area contributed by atoms with Crippen molar-refractivity contribution in [2.75, 3.05) is 0 Å². The second-order valence-corrected chi connectivity index (χ2v) is 4.20. The molecule has 0 bridgehead atoms. The number of nitroso groups, excluding NO2 is 1. The summed E-state index contributed by atoms with van der Waals surface area (Å²) in [5, 5.41) is 11.7. The molecule has 0 heterocycles. The predicted octanol–water partition coefficient (Wildman–Crippen LogP) is 2.83. The number of aldehydes is 1. The largest absolute Gasteiger partial charge is 0.478 e. The molecule has 2 rings (SSSR count). The lowest BCUT2D eigenvalue weighted by Gasteiger charge is -2.05. The molecule has 0 aliphatic rings. The van der Waals surface area contributed by atoms with Gasteiger partial charge in [-0.1, -0.05) is 24.3 Å². The van der Waals surface area contributed by atoms with Crippen LogP contribution in [-0.4, -0.2) is 23.1 Å². The van der Waals surface area contributed by atoms with E-state index in [1.807, 2.05) is 0 Å². The number of rotatable bonds is 5. The van der Waals surface area contributed by atoms with Crippen LogP contribution >= 0.6 is 0 Å². The monoisotopic (exact) mass is 283 g/mol. The van der Waals surface area contributed by atoms with Crippen LogP contribution in [0.3, 0.4) is 0 Å². The van der Waals surface area contributed by atoms with Crippen LogP contribution in [-0.2, 0) is 0 Å². The Morgan fingerprint density at radius 3 is 2.14 bits per heavy atom. The molecule has 0 aliphatic carbocycles. The summed E-state index contributed by atoms with van der Waals surface area (Å²) in [6.45, 7) is 0. The Balaban J connectivity index is 2.49. The normalized spacial score (nSPS) is 9.90. The van der Waals surface area contributed by atoms with Gasteiger partial charge in [-0.2, -0.15) is 0 Å². The Hall–Kier alpha value is -3.15. The highest BCUT2D eigenvalue weighted by molar-refractivity contribution is 6.13. The van der Waals surface area contributed by atoms with Crippen molar-refractivity contribution in [1.82, 2.24) is 0 Å². The van der Waals surface area contributed by atoms with Crippen LogP contribution in [0.25, 0.3) is 0 Å². The third-order valence-electron chi connectivity index (χ3n) is 2.90. The van der Waals surface area contributed by atoms with Crippen molar-refractivity contribution < 1.29 is 19.5 Å². The lowest BCUT2D eigenvalue weighted by atomic mass is 9.99. The molecular formula is C15H9NO5. The van der Waals surface area contributed by atoms with Gasteiger partial charge in [-0.05, 0) is 23.4 Å². The highest BCUT2D eigenvalue weighted by Crippen LogP contribution is 2.24. The van der Waals surface area contributed by atoms with E-state index in [2.05, 4.69) is 5.18 Å². The summed E-state index contributed by atoms with van der Waals surface area (Å²) < 4.78 is 0. The molecule has 2 aromatic rings. The van der Waals surface area contributed by atoms with E-state index in [-0.39, 0.29) is 22.4 Å². The summed E-state index contributed by atoms with van der Waals surface area (Å²) in [7, 11) is 0. The Morgan fingerprint density at radius 1 is 1.00 bits per heavy atom. The molecule has 1 N–H and O–H groups in total. The molecule has 6 nitrogen and oxygen atoms in total. The van der Waals surface area contributed by atoms with Crippen molar-refractivity contribution in [3.05, 3.63) is 69.6 Å². The minimum Gasteiger partial charge on any atom is -0.478 e. The molecular weight excluding hydrogens is 274 g/mol. The number of benzene rings is 2. The van der Waals surface area contributed by atoms with Crippen LogP contribution in [0.4, 0.5) is 5.69 Å². The second kappa shape index (κ2) is 5.87. The first-order valence-corrected chi connectivity index (χ1v) is 5.87. The van der Waals surface area contributed by atoms with Gasteiger partial charge in [-0.3, -0.25) is 9.59 Å². The molecule has 0 fully saturated rings. The average molecular weight is 283 g/mol.